The molecule has 0 bridgehead atoms. The van der Waals surface area contributed by atoms with E-state index in [1.54, 1.807) is 16.7 Å². The molecule has 3 aromatic rings. The van der Waals surface area contributed by atoms with Crippen LogP contribution in [0.1, 0.15) is 32.1 Å². The maximum absolute atomic E-state index is 13.2. The fraction of sp³-hybridized carbons (Fsp3) is 0.435. The van der Waals surface area contributed by atoms with Gasteiger partial charge < -0.3 is 19.7 Å². The molecule has 0 amide bonds. The van der Waals surface area contributed by atoms with Crippen LogP contribution >= 0.6 is 23.4 Å². The molecule has 2 heterocycles. The van der Waals surface area contributed by atoms with Crippen molar-refractivity contribution >= 4 is 57.4 Å². The van der Waals surface area contributed by atoms with Crippen LogP contribution in [0.15, 0.2) is 34.0 Å². The van der Waals surface area contributed by atoms with Crippen LogP contribution in [0.3, 0.4) is 0 Å². The van der Waals surface area contributed by atoms with Crippen LogP contribution in [0.25, 0.3) is 21.9 Å². The molecule has 2 aliphatic carbocycles. The van der Waals surface area contributed by atoms with Gasteiger partial charge in [0.15, 0.2) is 5.43 Å². The molecule has 2 saturated carbocycles. The number of rotatable bonds is 5. The third kappa shape index (κ3) is 3.91. The normalized spacial score (nSPS) is 16.7. The molecular weight excluding hydrogens is 457 g/mol. The first-order valence-corrected chi connectivity index (χ1v) is 11.9. The molecule has 5 rings (SSSR count). The van der Waals surface area contributed by atoms with Gasteiger partial charge in [-0.25, -0.2) is 11.3 Å². The molecular formula is C23H24ClN3NaO3S-. The topological polar surface area (TPSA) is 85.2 Å². The van der Waals surface area contributed by atoms with Gasteiger partial charge >= 0.3 is 29.6 Å². The minimum absolute atomic E-state index is 0. The van der Waals surface area contributed by atoms with Crippen LogP contribution in [0.5, 0.6) is 0 Å². The van der Waals surface area contributed by atoms with Crippen molar-refractivity contribution in [2.45, 2.75) is 49.6 Å². The number of thioether (sulfide) groups is 1. The van der Waals surface area contributed by atoms with Crippen LogP contribution in [0.2, 0.25) is 5.02 Å². The van der Waals surface area contributed by atoms with Crippen molar-refractivity contribution in [3.05, 3.63) is 39.5 Å². The number of pyridine rings is 2. The first-order valence-electron chi connectivity index (χ1n) is 10.3. The Balaban J connectivity index is 0.00000144. The predicted octanol–water partition coefficient (Wildman–Crippen LogP) is 1.63. The molecule has 1 N–H and O–H groups in total. The summed E-state index contributed by atoms with van der Waals surface area (Å²) in [7, 11) is 2.07. The zero-order valence-electron chi connectivity index (χ0n) is 18.5. The van der Waals surface area contributed by atoms with Gasteiger partial charge in [-0.3, -0.25) is 4.79 Å². The van der Waals surface area contributed by atoms with Gasteiger partial charge in [-0.15, -0.1) is 11.8 Å². The molecule has 0 saturated heterocycles. The van der Waals surface area contributed by atoms with Crippen molar-refractivity contribution in [2.24, 2.45) is 5.41 Å². The van der Waals surface area contributed by atoms with Crippen molar-refractivity contribution < 1.29 is 39.8 Å². The summed E-state index contributed by atoms with van der Waals surface area (Å²) >= 11 is 7.87. The second kappa shape index (κ2) is 9.65. The van der Waals surface area contributed by atoms with Crippen LogP contribution in [0.4, 0.5) is 5.82 Å². The molecule has 2 aromatic heterocycles. The van der Waals surface area contributed by atoms with Gasteiger partial charge in [-0.05, 0) is 61.6 Å². The number of carbonyl (C=O) groups excluding carboxylic acids is 1. The Labute approximate surface area is 218 Å². The van der Waals surface area contributed by atoms with E-state index in [4.69, 9.17) is 16.6 Å². The third-order valence-electron chi connectivity index (χ3n) is 7.05. The average Bonchev–Trinajstić information content (AvgIpc) is 2.68. The first kappa shape index (κ1) is 25.5. The number of nitrogens with zero attached hydrogens (tertiary/aromatic N) is 3. The van der Waals surface area contributed by atoms with E-state index in [9.17, 15) is 9.59 Å². The molecule has 164 valence electrons. The standard InChI is InChI=1S/C23H23ClN3O2S.Na.H2O/c1-26(14-12-23(13-14)8-3-9-23)18-7-5-16-20(29)15-4-6-17(24)21(30-2)19(15)27(10-11-28)22(16)25-18;;/h4-7,14H,3,8-10,12-13H2,1-2H3;;1H2/q-1;+1;/p-1. The molecule has 0 radical (unpaired) electrons. The van der Waals surface area contributed by atoms with Crippen molar-refractivity contribution in [1.82, 2.24) is 9.55 Å². The summed E-state index contributed by atoms with van der Waals surface area (Å²) in [6.45, 7) is -0.00606. The Hall–Kier alpha value is -1.09. The third-order valence-corrected chi connectivity index (χ3v) is 8.29. The van der Waals surface area contributed by atoms with E-state index in [0.29, 0.717) is 38.4 Å². The smallest absolute Gasteiger partial charge is 0.870 e. The van der Waals surface area contributed by atoms with E-state index in [-0.39, 0.29) is 47.0 Å². The Morgan fingerprint density at radius 1 is 1.25 bits per heavy atom. The summed E-state index contributed by atoms with van der Waals surface area (Å²) in [4.78, 5) is 32.5. The second-order valence-electron chi connectivity index (χ2n) is 8.60. The predicted molar refractivity (Wildman–Crippen MR) is 126 cm³/mol. The zero-order valence-corrected chi connectivity index (χ0v) is 22.1. The first-order chi connectivity index (χ1) is 14.5. The van der Waals surface area contributed by atoms with Gasteiger partial charge in [0.2, 0.25) is 0 Å². The van der Waals surface area contributed by atoms with E-state index in [1.165, 1.54) is 43.9 Å². The number of hydrogen-bond acceptors (Lipinski definition) is 6. The number of halogens is 1. The van der Waals surface area contributed by atoms with Gasteiger partial charge in [0.25, 0.3) is 0 Å². The van der Waals surface area contributed by atoms with E-state index < -0.39 is 0 Å². The molecule has 0 aliphatic heterocycles. The molecule has 2 aliphatic rings. The van der Waals surface area contributed by atoms with Gasteiger partial charge in [0, 0.05) is 18.5 Å². The molecule has 6 nitrogen and oxygen atoms in total. The maximum atomic E-state index is 13.2. The number of benzene rings is 1. The Bertz CT molecular complexity index is 1240. The van der Waals surface area contributed by atoms with E-state index in [1.807, 2.05) is 24.7 Å². The van der Waals surface area contributed by atoms with Crippen LogP contribution < -0.4 is 39.9 Å². The quantitative estimate of drug-likeness (QED) is 0.239. The van der Waals surface area contributed by atoms with E-state index in [0.717, 1.165) is 10.7 Å². The Kier molecular flexibility index (Phi) is 7.70. The minimum atomic E-state index is -0.0899. The monoisotopic (exact) mass is 480 g/mol. The molecule has 2 fully saturated rings. The number of aromatic nitrogens is 2. The van der Waals surface area contributed by atoms with Gasteiger partial charge in [0.1, 0.15) is 11.5 Å². The number of anilines is 1. The summed E-state index contributed by atoms with van der Waals surface area (Å²) in [6, 6.07) is 7.70. The molecule has 9 heteroatoms. The summed E-state index contributed by atoms with van der Waals surface area (Å²) in [5.41, 5.74) is 1.65. The SMILES string of the molecule is CSc1c(Cl)ccc2c(=O)c3ccc(N(C)C4CC5(CCC5)C4)nc3n(C[C-]=O)c12.[Na+].[OH-]. The fourth-order valence-corrected chi connectivity index (χ4v) is 6.23. The molecule has 0 unspecified atom stereocenters. The largest absolute Gasteiger partial charge is 1.00 e. The Morgan fingerprint density at radius 3 is 2.53 bits per heavy atom. The molecule has 1 aromatic carbocycles. The summed E-state index contributed by atoms with van der Waals surface area (Å²) < 4.78 is 1.78. The fourth-order valence-electron chi connectivity index (χ4n) is 5.17. The van der Waals surface area contributed by atoms with Crippen molar-refractivity contribution in [3.8, 4) is 0 Å². The Morgan fingerprint density at radius 2 is 1.94 bits per heavy atom. The summed E-state index contributed by atoms with van der Waals surface area (Å²) in [6.07, 6.45) is 10.4. The number of fused-ring (bicyclic) bond motifs is 2. The zero-order chi connectivity index (χ0) is 21.0. The molecule has 32 heavy (non-hydrogen) atoms. The second-order valence-corrected chi connectivity index (χ2v) is 9.83. The van der Waals surface area contributed by atoms with Crippen LogP contribution in [0, 0.1) is 5.41 Å². The summed E-state index contributed by atoms with van der Waals surface area (Å²) in [5, 5.41) is 1.61. The van der Waals surface area contributed by atoms with E-state index in [2.05, 4.69) is 11.9 Å². The van der Waals surface area contributed by atoms with Crippen molar-refractivity contribution in [1.29, 1.82) is 0 Å². The van der Waals surface area contributed by atoms with Gasteiger partial charge in [0.05, 0.1) is 20.8 Å². The minimum Gasteiger partial charge on any atom is -0.870 e. The molecule has 0 atom stereocenters. The van der Waals surface area contributed by atoms with Crippen LogP contribution in [-0.4, -0.2) is 40.7 Å². The van der Waals surface area contributed by atoms with Gasteiger partial charge in [-0.1, -0.05) is 24.6 Å². The van der Waals surface area contributed by atoms with Crippen LogP contribution in [-0.2, 0) is 11.3 Å². The maximum Gasteiger partial charge on any atom is 1.00 e. The average molecular weight is 481 g/mol. The summed E-state index contributed by atoms with van der Waals surface area (Å²) in [5.74, 6) is 0.827. The van der Waals surface area contributed by atoms with Crippen molar-refractivity contribution in [3.63, 3.8) is 0 Å². The van der Waals surface area contributed by atoms with E-state index >= 15 is 0 Å². The van der Waals surface area contributed by atoms with Crippen molar-refractivity contribution in [2.75, 3.05) is 18.2 Å². The number of hydrogen-bond donors (Lipinski definition) is 0. The van der Waals surface area contributed by atoms with Gasteiger partial charge in [-0.2, -0.15) is 0 Å². The molecule has 1 spiro atoms.